The highest BCUT2D eigenvalue weighted by molar-refractivity contribution is 6.30. The van der Waals surface area contributed by atoms with Crippen molar-refractivity contribution in [3.8, 4) is 11.4 Å². The van der Waals surface area contributed by atoms with E-state index in [-0.39, 0.29) is 18.4 Å². The van der Waals surface area contributed by atoms with Gasteiger partial charge in [-0.1, -0.05) is 47.1 Å². The number of nitrogens with zero attached hydrogens (tertiary/aromatic N) is 3. The van der Waals surface area contributed by atoms with E-state index >= 15 is 0 Å². The number of aromatic nitrogens is 2. The third-order valence-corrected chi connectivity index (χ3v) is 4.47. The van der Waals surface area contributed by atoms with E-state index < -0.39 is 0 Å². The first kappa shape index (κ1) is 20.0. The zero-order chi connectivity index (χ0) is 19.9. The van der Waals surface area contributed by atoms with E-state index in [1.54, 1.807) is 12.1 Å². The van der Waals surface area contributed by atoms with Crippen molar-refractivity contribution in [2.45, 2.75) is 18.9 Å². The maximum absolute atomic E-state index is 12.5. The van der Waals surface area contributed by atoms with Gasteiger partial charge in [0, 0.05) is 30.0 Å². The number of amides is 1. The fourth-order valence-corrected chi connectivity index (χ4v) is 2.97. The second-order valence-corrected chi connectivity index (χ2v) is 7.25. The molecule has 1 heterocycles. The van der Waals surface area contributed by atoms with Crippen LogP contribution in [0.4, 0.5) is 0 Å². The monoisotopic (exact) mass is 398 g/mol. The van der Waals surface area contributed by atoms with Crippen molar-refractivity contribution in [3.63, 3.8) is 0 Å². The Morgan fingerprint density at radius 3 is 2.54 bits per heavy atom. The molecule has 1 atom stereocenters. The Balaban J connectivity index is 1.58. The molecule has 0 spiro atoms. The standard InChI is InChI=1S/C21H23ClN4O2/c1-26(2)14-18(15-6-4-3-5-7-15)23-19(27)12-13-20-24-21(25-28-20)16-8-10-17(22)11-9-16/h3-11,18H,12-14H2,1-2H3,(H,23,27)/t18-/m0/s1. The minimum atomic E-state index is -0.0731. The number of nitrogens with one attached hydrogen (secondary N) is 1. The SMILES string of the molecule is CN(C)C[C@H](NC(=O)CCc1nc(-c2ccc(Cl)cc2)no1)c1ccccc1. The summed E-state index contributed by atoms with van der Waals surface area (Å²) in [5, 5.41) is 7.72. The lowest BCUT2D eigenvalue weighted by molar-refractivity contribution is -0.122. The van der Waals surface area contributed by atoms with E-state index in [1.165, 1.54) is 0 Å². The van der Waals surface area contributed by atoms with Gasteiger partial charge in [0.1, 0.15) is 0 Å². The first-order chi connectivity index (χ1) is 13.5. The van der Waals surface area contributed by atoms with Gasteiger partial charge in [-0.25, -0.2) is 0 Å². The summed E-state index contributed by atoms with van der Waals surface area (Å²) in [6, 6.07) is 17.1. The summed E-state index contributed by atoms with van der Waals surface area (Å²) in [7, 11) is 3.97. The van der Waals surface area contributed by atoms with Crippen molar-refractivity contribution in [1.29, 1.82) is 0 Å². The molecule has 3 rings (SSSR count). The van der Waals surface area contributed by atoms with E-state index in [0.717, 1.165) is 17.7 Å². The van der Waals surface area contributed by atoms with Crippen molar-refractivity contribution in [1.82, 2.24) is 20.4 Å². The highest BCUT2D eigenvalue weighted by Crippen LogP contribution is 2.19. The molecule has 0 bridgehead atoms. The Kier molecular flexibility index (Phi) is 6.79. The van der Waals surface area contributed by atoms with Crippen molar-refractivity contribution < 1.29 is 9.32 Å². The highest BCUT2D eigenvalue weighted by Gasteiger charge is 2.16. The van der Waals surface area contributed by atoms with E-state index in [1.807, 2.05) is 61.5 Å². The number of halogens is 1. The molecule has 1 N–H and O–H groups in total. The Hall–Kier alpha value is -2.70. The largest absolute Gasteiger partial charge is 0.348 e. The summed E-state index contributed by atoms with van der Waals surface area (Å²) < 4.78 is 5.27. The van der Waals surface area contributed by atoms with Gasteiger partial charge < -0.3 is 14.7 Å². The second-order valence-electron chi connectivity index (χ2n) is 6.81. The van der Waals surface area contributed by atoms with Crippen molar-refractivity contribution in [2.24, 2.45) is 0 Å². The molecule has 28 heavy (non-hydrogen) atoms. The van der Waals surface area contributed by atoms with Gasteiger partial charge in [0.25, 0.3) is 0 Å². The predicted molar refractivity (Wildman–Crippen MR) is 109 cm³/mol. The average Bonchev–Trinajstić information content (AvgIpc) is 3.16. The first-order valence-electron chi connectivity index (χ1n) is 9.09. The van der Waals surface area contributed by atoms with Crippen LogP contribution < -0.4 is 5.32 Å². The molecule has 1 amide bonds. The lowest BCUT2D eigenvalue weighted by Gasteiger charge is -2.22. The summed E-state index contributed by atoms with van der Waals surface area (Å²) in [5.41, 5.74) is 1.89. The summed E-state index contributed by atoms with van der Waals surface area (Å²) in [6.45, 7) is 0.719. The molecule has 0 saturated carbocycles. The molecule has 0 aliphatic rings. The van der Waals surface area contributed by atoms with Gasteiger partial charge in [-0.05, 0) is 43.9 Å². The summed E-state index contributed by atoms with van der Waals surface area (Å²) in [5.74, 6) is 0.868. The highest BCUT2D eigenvalue weighted by atomic mass is 35.5. The molecule has 0 saturated heterocycles. The molecule has 146 valence electrons. The van der Waals surface area contributed by atoms with Crippen LogP contribution in [-0.2, 0) is 11.2 Å². The summed E-state index contributed by atoms with van der Waals surface area (Å²) in [4.78, 5) is 18.9. The number of carbonyl (C=O) groups is 1. The molecule has 3 aromatic rings. The van der Waals surface area contributed by atoms with Crippen LogP contribution in [0.3, 0.4) is 0 Å². The van der Waals surface area contributed by atoms with Gasteiger partial charge in [0.2, 0.25) is 17.6 Å². The molecule has 0 unspecified atom stereocenters. The molecule has 1 aromatic heterocycles. The Labute approximate surface area is 169 Å². The van der Waals surface area contributed by atoms with E-state index in [4.69, 9.17) is 16.1 Å². The average molecular weight is 399 g/mol. The maximum Gasteiger partial charge on any atom is 0.227 e. The maximum atomic E-state index is 12.5. The summed E-state index contributed by atoms with van der Waals surface area (Å²) >= 11 is 5.89. The van der Waals surface area contributed by atoms with Crippen LogP contribution in [0.1, 0.15) is 23.9 Å². The minimum absolute atomic E-state index is 0.0538. The number of hydrogen-bond donors (Lipinski definition) is 1. The Morgan fingerprint density at radius 2 is 1.86 bits per heavy atom. The number of aryl methyl sites for hydroxylation is 1. The van der Waals surface area contributed by atoms with E-state index in [0.29, 0.717) is 23.2 Å². The van der Waals surface area contributed by atoms with Crippen LogP contribution in [0, 0.1) is 0 Å². The van der Waals surface area contributed by atoms with Crippen LogP contribution >= 0.6 is 11.6 Å². The first-order valence-corrected chi connectivity index (χ1v) is 9.46. The normalized spacial score (nSPS) is 12.1. The second kappa shape index (κ2) is 9.48. The zero-order valence-electron chi connectivity index (χ0n) is 15.9. The zero-order valence-corrected chi connectivity index (χ0v) is 16.7. The van der Waals surface area contributed by atoms with Gasteiger partial charge in [0.05, 0.1) is 6.04 Å². The molecule has 0 radical (unpaired) electrons. The molecular formula is C21H23ClN4O2. The van der Waals surface area contributed by atoms with Crippen LogP contribution in [0.15, 0.2) is 59.1 Å². The van der Waals surface area contributed by atoms with Crippen LogP contribution in [0.2, 0.25) is 5.02 Å². The van der Waals surface area contributed by atoms with Crippen molar-refractivity contribution >= 4 is 17.5 Å². The quantitative estimate of drug-likeness (QED) is 0.625. The van der Waals surface area contributed by atoms with Gasteiger partial charge in [-0.15, -0.1) is 0 Å². The third-order valence-electron chi connectivity index (χ3n) is 4.22. The van der Waals surface area contributed by atoms with Gasteiger partial charge in [-0.2, -0.15) is 4.98 Å². The number of likely N-dealkylation sites (N-methyl/N-ethyl adjacent to an activating group) is 1. The fourth-order valence-electron chi connectivity index (χ4n) is 2.84. The number of rotatable bonds is 8. The number of carbonyl (C=O) groups excluding carboxylic acids is 1. The van der Waals surface area contributed by atoms with E-state index in [2.05, 4.69) is 15.5 Å². The number of benzene rings is 2. The van der Waals surface area contributed by atoms with Crippen LogP contribution in [0.5, 0.6) is 0 Å². The van der Waals surface area contributed by atoms with Crippen LogP contribution in [-0.4, -0.2) is 41.6 Å². The molecule has 2 aromatic carbocycles. The molecule has 6 nitrogen and oxygen atoms in total. The predicted octanol–water partition coefficient (Wildman–Crippen LogP) is 3.74. The topological polar surface area (TPSA) is 71.3 Å². The van der Waals surface area contributed by atoms with Crippen molar-refractivity contribution in [2.75, 3.05) is 20.6 Å². The lowest BCUT2D eigenvalue weighted by atomic mass is 10.1. The molecule has 0 fully saturated rings. The smallest absolute Gasteiger partial charge is 0.227 e. The molecule has 7 heteroatoms. The van der Waals surface area contributed by atoms with Crippen LogP contribution in [0.25, 0.3) is 11.4 Å². The third kappa shape index (κ3) is 5.65. The molecule has 0 aliphatic carbocycles. The fraction of sp³-hybridized carbons (Fsp3) is 0.286. The Bertz CT molecular complexity index is 894. The Morgan fingerprint density at radius 1 is 1.14 bits per heavy atom. The van der Waals surface area contributed by atoms with Gasteiger partial charge >= 0.3 is 0 Å². The summed E-state index contributed by atoms with van der Waals surface area (Å²) in [6.07, 6.45) is 0.662. The minimum Gasteiger partial charge on any atom is -0.348 e. The molecule has 0 aliphatic heterocycles. The molecular weight excluding hydrogens is 376 g/mol. The van der Waals surface area contributed by atoms with Crippen molar-refractivity contribution in [3.05, 3.63) is 71.1 Å². The lowest BCUT2D eigenvalue weighted by Crippen LogP contribution is -2.35. The van der Waals surface area contributed by atoms with Gasteiger partial charge in [0.15, 0.2) is 0 Å². The number of hydrogen-bond acceptors (Lipinski definition) is 5. The van der Waals surface area contributed by atoms with E-state index in [9.17, 15) is 4.79 Å². The van der Waals surface area contributed by atoms with Gasteiger partial charge in [-0.3, -0.25) is 4.79 Å².